The molecule has 1 N–H and O–H groups in total. The molecule has 0 saturated carbocycles. The van der Waals surface area contributed by atoms with Crippen molar-refractivity contribution in [3.63, 3.8) is 0 Å². The van der Waals surface area contributed by atoms with Gasteiger partial charge in [0, 0.05) is 6.92 Å². The molecule has 0 aromatic rings. The molecule has 11 heavy (non-hydrogen) atoms. The molecule has 0 rings (SSSR count). The fourth-order valence-electron chi connectivity index (χ4n) is 0.439. The van der Waals surface area contributed by atoms with Gasteiger partial charge in [0.25, 0.3) is 0 Å². The minimum atomic E-state index is -0.674. The topological polar surface area (TPSA) is 55.4 Å². The zero-order valence-corrected chi connectivity index (χ0v) is 7.01. The molecular formula is C7H13NO3. The van der Waals surface area contributed by atoms with Gasteiger partial charge in [-0.2, -0.15) is 0 Å². The number of carbonyl (C=O) groups is 2. The average molecular weight is 159 g/mol. The van der Waals surface area contributed by atoms with Crippen LogP contribution in [0.2, 0.25) is 0 Å². The van der Waals surface area contributed by atoms with Crippen LogP contribution in [0.1, 0.15) is 27.2 Å². The Morgan fingerprint density at radius 2 is 2.09 bits per heavy atom. The second kappa shape index (κ2) is 4.71. The summed E-state index contributed by atoms with van der Waals surface area (Å²) in [5, 5.41) is 2.01. The van der Waals surface area contributed by atoms with Crippen molar-refractivity contribution in [2.24, 2.45) is 0 Å². The maximum Gasteiger partial charge on any atom is 0.414 e. The van der Waals surface area contributed by atoms with Gasteiger partial charge in [-0.15, -0.1) is 0 Å². The van der Waals surface area contributed by atoms with Gasteiger partial charge in [0.05, 0.1) is 0 Å². The molecule has 1 atom stereocenters. The van der Waals surface area contributed by atoms with E-state index < -0.39 is 12.0 Å². The van der Waals surface area contributed by atoms with Crippen LogP contribution in [0.4, 0.5) is 4.79 Å². The predicted octanol–water partition coefficient (Wildman–Crippen LogP) is 1.06. The number of hydrogen-bond donors (Lipinski definition) is 1. The standard InChI is InChI=1S/C7H13NO3/c1-4-5(2)11-7(10)8-6(3)9/h5H,4H2,1-3H3,(H,8,9,10). The Bertz CT molecular complexity index is 156. The van der Waals surface area contributed by atoms with Crippen molar-refractivity contribution in [3.05, 3.63) is 0 Å². The monoisotopic (exact) mass is 159 g/mol. The summed E-state index contributed by atoms with van der Waals surface area (Å²) in [6.07, 6.45) is -0.0769. The van der Waals surface area contributed by atoms with Crippen molar-refractivity contribution in [2.45, 2.75) is 33.3 Å². The van der Waals surface area contributed by atoms with Gasteiger partial charge < -0.3 is 4.74 Å². The van der Waals surface area contributed by atoms with Crippen LogP contribution in [0, 0.1) is 0 Å². The Kier molecular flexibility index (Phi) is 4.26. The highest BCUT2D eigenvalue weighted by atomic mass is 16.6. The fourth-order valence-corrected chi connectivity index (χ4v) is 0.439. The molecule has 0 bridgehead atoms. The molecule has 2 amide bonds. The number of nitrogens with one attached hydrogen (secondary N) is 1. The molecule has 4 heteroatoms. The highest BCUT2D eigenvalue weighted by Gasteiger charge is 2.07. The van der Waals surface area contributed by atoms with Gasteiger partial charge in [0.2, 0.25) is 5.91 Å². The largest absolute Gasteiger partial charge is 0.446 e. The van der Waals surface area contributed by atoms with Crippen LogP contribution in [-0.2, 0) is 9.53 Å². The Balaban J connectivity index is 3.60. The third-order valence-electron chi connectivity index (χ3n) is 1.16. The first kappa shape index (κ1) is 9.94. The van der Waals surface area contributed by atoms with E-state index in [2.05, 4.69) is 0 Å². The van der Waals surface area contributed by atoms with Gasteiger partial charge in [-0.1, -0.05) is 6.92 Å². The minimum absolute atomic E-state index is 0.144. The molecule has 4 nitrogen and oxygen atoms in total. The molecule has 0 saturated heterocycles. The van der Waals surface area contributed by atoms with E-state index in [1.54, 1.807) is 6.92 Å². The van der Waals surface area contributed by atoms with E-state index >= 15 is 0 Å². The number of carbonyl (C=O) groups excluding carboxylic acids is 2. The van der Waals surface area contributed by atoms with Crippen LogP contribution in [0.15, 0.2) is 0 Å². The Morgan fingerprint density at radius 1 is 1.55 bits per heavy atom. The lowest BCUT2D eigenvalue weighted by Crippen LogP contribution is -2.31. The summed E-state index contributed by atoms with van der Waals surface area (Å²) < 4.78 is 4.74. The minimum Gasteiger partial charge on any atom is -0.446 e. The first-order valence-corrected chi connectivity index (χ1v) is 3.54. The van der Waals surface area contributed by atoms with E-state index in [0.717, 1.165) is 6.42 Å². The van der Waals surface area contributed by atoms with Crippen LogP contribution in [0.5, 0.6) is 0 Å². The first-order valence-electron chi connectivity index (χ1n) is 3.54. The van der Waals surface area contributed by atoms with Crippen LogP contribution >= 0.6 is 0 Å². The average Bonchev–Trinajstić information content (AvgIpc) is 1.85. The number of ether oxygens (including phenoxy) is 1. The predicted molar refractivity (Wildman–Crippen MR) is 40.1 cm³/mol. The quantitative estimate of drug-likeness (QED) is 0.655. The molecule has 0 aliphatic heterocycles. The lowest BCUT2D eigenvalue weighted by Gasteiger charge is -2.09. The van der Waals surface area contributed by atoms with E-state index in [-0.39, 0.29) is 6.10 Å². The summed E-state index contributed by atoms with van der Waals surface area (Å²) in [5.41, 5.74) is 0. The van der Waals surface area contributed by atoms with Crippen LogP contribution < -0.4 is 5.32 Å². The third kappa shape index (κ3) is 5.39. The number of imide groups is 1. The highest BCUT2D eigenvalue weighted by molar-refractivity contribution is 5.90. The van der Waals surface area contributed by atoms with Crippen molar-refractivity contribution in [1.29, 1.82) is 0 Å². The second-order valence-corrected chi connectivity index (χ2v) is 2.31. The van der Waals surface area contributed by atoms with E-state index in [0.29, 0.717) is 0 Å². The highest BCUT2D eigenvalue weighted by Crippen LogP contribution is 1.95. The van der Waals surface area contributed by atoms with Gasteiger partial charge in [-0.25, -0.2) is 4.79 Å². The maximum absolute atomic E-state index is 10.7. The first-order chi connectivity index (χ1) is 5.06. The SMILES string of the molecule is CCC(C)OC(=O)NC(C)=O. The molecule has 0 fully saturated rings. The summed E-state index contributed by atoms with van der Waals surface area (Å²) in [5.74, 6) is -0.404. The normalized spacial score (nSPS) is 11.9. The van der Waals surface area contributed by atoms with Crippen molar-refractivity contribution in [3.8, 4) is 0 Å². The Morgan fingerprint density at radius 3 is 2.45 bits per heavy atom. The molecule has 0 spiro atoms. The molecule has 64 valence electrons. The van der Waals surface area contributed by atoms with Crippen molar-refractivity contribution < 1.29 is 14.3 Å². The lowest BCUT2D eigenvalue weighted by atomic mass is 10.3. The van der Waals surface area contributed by atoms with Crippen molar-refractivity contribution in [2.75, 3.05) is 0 Å². The smallest absolute Gasteiger partial charge is 0.414 e. The molecule has 0 radical (unpaired) electrons. The number of rotatable bonds is 2. The van der Waals surface area contributed by atoms with E-state index in [1.807, 2.05) is 12.2 Å². The summed E-state index contributed by atoms with van der Waals surface area (Å²) in [6, 6.07) is 0. The zero-order valence-electron chi connectivity index (χ0n) is 7.01. The second-order valence-electron chi connectivity index (χ2n) is 2.31. The summed E-state index contributed by atoms with van der Waals surface area (Å²) in [4.78, 5) is 21.0. The number of alkyl carbamates (subject to hydrolysis) is 1. The Hall–Kier alpha value is -1.06. The molecule has 0 aliphatic carbocycles. The van der Waals surface area contributed by atoms with E-state index in [4.69, 9.17) is 4.74 Å². The van der Waals surface area contributed by atoms with Gasteiger partial charge >= 0.3 is 6.09 Å². The van der Waals surface area contributed by atoms with E-state index in [1.165, 1.54) is 6.92 Å². The summed E-state index contributed by atoms with van der Waals surface area (Å²) in [7, 11) is 0. The number of hydrogen-bond acceptors (Lipinski definition) is 3. The Labute approximate surface area is 65.9 Å². The zero-order chi connectivity index (χ0) is 8.85. The van der Waals surface area contributed by atoms with Crippen molar-refractivity contribution >= 4 is 12.0 Å². The molecule has 0 aromatic carbocycles. The van der Waals surface area contributed by atoms with Gasteiger partial charge in [-0.3, -0.25) is 10.1 Å². The summed E-state index contributed by atoms with van der Waals surface area (Å²) >= 11 is 0. The van der Waals surface area contributed by atoms with Gasteiger partial charge in [0.15, 0.2) is 0 Å². The maximum atomic E-state index is 10.7. The molecule has 1 unspecified atom stereocenters. The number of amides is 2. The molecule has 0 heterocycles. The molecule has 0 aromatic heterocycles. The molecular weight excluding hydrogens is 146 g/mol. The van der Waals surface area contributed by atoms with Crippen LogP contribution in [0.3, 0.4) is 0 Å². The van der Waals surface area contributed by atoms with Crippen LogP contribution in [0.25, 0.3) is 0 Å². The summed E-state index contributed by atoms with van der Waals surface area (Å²) in [6.45, 7) is 4.92. The van der Waals surface area contributed by atoms with Gasteiger partial charge in [0.1, 0.15) is 6.10 Å². The fraction of sp³-hybridized carbons (Fsp3) is 0.714. The third-order valence-corrected chi connectivity index (χ3v) is 1.16. The lowest BCUT2D eigenvalue weighted by molar-refractivity contribution is -0.118. The van der Waals surface area contributed by atoms with Gasteiger partial charge in [-0.05, 0) is 13.3 Å². The van der Waals surface area contributed by atoms with Crippen LogP contribution in [-0.4, -0.2) is 18.1 Å². The van der Waals surface area contributed by atoms with Crippen molar-refractivity contribution in [1.82, 2.24) is 5.32 Å². The van der Waals surface area contributed by atoms with E-state index in [9.17, 15) is 9.59 Å². The molecule has 0 aliphatic rings.